The highest BCUT2D eigenvalue weighted by Gasteiger charge is 2.07. The molecule has 0 spiro atoms. The van der Waals surface area contributed by atoms with E-state index in [1.807, 2.05) is 36.0 Å². The number of nitriles is 1. The van der Waals surface area contributed by atoms with Gasteiger partial charge in [-0.25, -0.2) is 4.39 Å². The van der Waals surface area contributed by atoms with Gasteiger partial charge >= 0.3 is 0 Å². The van der Waals surface area contributed by atoms with E-state index in [4.69, 9.17) is 5.26 Å². The minimum Gasteiger partial charge on any atom is -0.351 e. The number of hydrogen-bond acceptors (Lipinski definition) is 1. The molecule has 0 aliphatic heterocycles. The number of allylic oxidation sites excluding steroid dienone is 1. The summed E-state index contributed by atoms with van der Waals surface area (Å²) in [5.41, 5.74) is 1.52. The van der Waals surface area contributed by atoms with Crippen LogP contribution >= 0.6 is 0 Å². The second kappa shape index (κ2) is 4.67. The van der Waals surface area contributed by atoms with Gasteiger partial charge in [-0.1, -0.05) is 18.2 Å². The molecule has 0 amide bonds. The second-order valence-electron chi connectivity index (χ2n) is 3.69. The molecule has 0 fully saturated rings. The van der Waals surface area contributed by atoms with Gasteiger partial charge in [0.1, 0.15) is 5.82 Å². The van der Waals surface area contributed by atoms with Crippen LogP contribution in [0.15, 0.2) is 42.6 Å². The normalized spacial score (nSPS) is 11.2. The molecule has 0 unspecified atom stereocenters. The van der Waals surface area contributed by atoms with E-state index in [0.29, 0.717) is 11.1 Å². The molecule has 1 aromatic heterocycles. The van der Waals surface area contributed by atoms with Gasteiger partial charge in [0.25, 0.3) is 0 Å². The molecule has 0 saturated heterocycles. The number of nitrogens with zero attached hydrogens (tertiary/aromatic N) is 2. The van der Waals surface area contributed by atoms with E-state index in [9.17, 15) is 4.39 Å². The third kappa shape index (κ3) is 2.26. The highest BCUT2D eigenvalue weighted by atomic mass is 19.1. The maximum absolute atomic E-state index is 13.6. The van der Waals surface area contributed by atoms with Gasteiger partial charge in [0.05, 0.1) is 11.6 Å². The Kier molecular flexibility index (Phi) is 3.06. The van der Waals surface area contributed by atoms with Gasteiger partial charge in [-0.3, -0.25) is 0 Å². The zero-order chi connectivity index (χ0) is 12.3. The summed E-state index contributed by atoms with van der Waals surface area (Å²) in [5, 5.41) is 9.10. The fraction of sp³-hybridized carbons (Fsp3) is 0.0714. The minimum absolute atomic E-state index is 0.324. The van der Waals surface area contributed by atoms with E-state index in [1.54, 1.807) is 24.3 Å². The van der Waals surface area contributed by atoms with Crippen molar-refractivity contribution in [3.8, 4) is 6.07 Å². The maximum Gasteiger partial charge on any atom is 0.131 e. The van der Waals surface area contributed by atoms with Gasteiger partial charge in [0, 0.05) is 24.5 Å². The molecule has 0 radical (unpaired) electrons. The molecule has 0 N–H and O–H groups in total. The molecule has 0 aliphatic carbocycles. The lowest BCUT2D eigenvalue weighted by Crippen LogP contribution is -1.91. The van der Waals surface area contributed by atoms with Crippen LogP contribution in [0, 0.1) is 17.1 Å². The van der Waals surface area contributed by atoms with Crippen molar-refractivity contribution < 1.29 is 4.39 Å². The number of halogens is 1. The molecular formula is C14H11FN2. The van der Waals surface area contributed by atoms with Crippen molar-refractivity contribution in [2.45, 2.75) is 0 Å². The highest BCUT2D eigenvalue weighted by molar-refractivity contribution is 5.89. The van der Waals surface area contributed by atoms with E-state index >= 15 is 0 Å². The van der Waals surface area contributed by atoms with E-state index in [-0.39, 0.29) is 5.82 Å². The summed E-state index contributed by atoms with van der Waals surface area (Å²) < 4.78 is 15.4. The highest BCUT2D eigenvalue weighted by Crippen LogP contribution is 2.20. The zero-order valence-electron chi connectivity index (χ0n) is 9.39. The summed E-state index contributed by atoms with van der Waals surface area (Å²) in [7, 11) is 1.88. The van der Waals surface area contributed by atoms with E-state index < -0.39 is 0 Å². The van der Waals surface area contributed by atoms with Crippen molar-refractivity contribution in [3.63, 3.8) is 0 Å². The predicted octanol–water partition coefficient (Wildman–Crippen LogP) is 3.23. The summed E-state index contributed by atoms with van der Waals surface area (Å²) in [6.07, 6.45) is 3.56. The Morgan fingerprint density at radius 3 is 2.65 bits per heavy atom. The average molecular weight is 226 g/mol. The minimum atomic E-state index is -0.380. The molecule has 0 saturated carbocycles. The summed E-state index contributed by atoms with van der Waals surface area (Å²) >= 11 is 0. The Balaban J connectivity index is 2.49. The first-order valence-corrected chi connectivity index (χ1v) is 5.20. The standard InChI is InChI=1S/C14H11FN2/c1-17-8-4-5-12(17)9-11(10-16)13-6-2-3-7-14(13)15/h2-9H,1H3/b11-9+. The lowest BCUT2D eigenvalue weighted by atomic mass is 10.1. The Morgan fingerprint density at radius 1 is 1.29 bits per heavy atom. The van der Waals surface area contributed by atoms with Crippen LogP contribution in [0.1, 0.15) is 11.3 Å². The third-order valence-corrected chi connectivity index (χ3v) is 2.56. The fourth-order valence-electron chi connectivity index (χ4n) is 1.62. The topological polar surface area (TPSA) is 28.7 Å². The maximum atomic E-state index is 13.6. The van der Waals surface area contributed by atoms with E-state index in [0.717, 1.165) is 5.69 Å². The summed E-state index contributed by atoms with van der Waals surface area (Å²) in [6.45, 7) is 0. The molecule has 2 nitrogen and oxygen atoms in total. The van der Waals surface area contributed by atoms with E-state index in [1.165, 1.54) is 6.07 Å². The van der Waals surface area contributed by atoms with Crippen LogP contribution in [0.4, 0.5) is 4.39 Å². The molecule has 3 heteroatoms. The third-order valence-electron chi connectivity index (χ3n) is 2.56. The molecule has 0 bridgehead atoms. The van der Waals surface area contributed by atoms with Crippen LogP contribution in [0.5, 0.6) is 0 Å². The largest absolute Gasteiger partial charge is 0.351 e. The van der Waals surface area contributed by atoms with Crippen molar-refractivity contribution in [1.29, 1.82) is 5.26 Å². The van der Waals surface area contributed by atoms with Crippen molar-refractivity contribution in [2.75, 3.05) is 0 Å². The Bertz CT molecular complexity index is 603. The van der Waals surface area contributed by atoms with Crippen molar-refractivity contribution in [1.82, 2.24) is 4.57 Å². The van der Waals surface area contributed by atoms with Gasteiger partial charge < -0.3 is 4.57 Å². The first kappa shape index (κ1) is 11.2. The van der Waals surface area contributed by atoms with Crippen molar-refractivity contribution >= 4 is 11.6 Å². The number of hydrogen-bond donors (Lipinski definition) is 0. The van der Waals surface area contributed by atoms with Gasteiger partial charge in [0.2, 0.25) is 0 Å². The van der Waals surface area contributed by atoms with Gasteiger partial charge in [-0.15, -0.1) is 0 Å². The van der Waals surface area contributed by atoms with E-state index in [2.05, 4.69) is 0 Å². The number of aromatic nitrogens is 1. The quantitative estimate of drug-likeness (QED) is 0.723. The van der Waals surface area contributed by atoms with Crippen LogP contribution in [-0.4, -0.2) is 4.57 Å². The smallest absolute Gasteiger partial charge is 0.131 e. The van der Waals surface area contributed by atoms with Gasteiger partial charge in [-0.05, 0) is 24.3 Å². The molecule has 17 heavy (non-hydrogen) atoms. The summed E-state index contributed by atoms with van der Waals surface area (Å²) in [5.74, 6) is -0.380. The molecule has 1 heterocycles. The Hall–Kier alpha value is -2.34. The zero-order valence-corrected chi connectivity index (χ0v) is 9.39. The Morgan fingerprint density at radius 2 is 2.06 bits per heavy atom. The van der Waals surface area contributed by atoms with Crippen LogP contribution in [-0.2, 0) is 7.05 Å². The van der Waals surface area contributed by atoms with Crippen molar-refractivity contribution in [3.05, 3.63) is 59.7 Å². The number of aryl methyl sites for hydroxylation is 1. The lowest BCUT2D eigenvalue weighted by molar-refractivity contribution is 0.624. The SMILES string of the molecule is Cn1cccc1/C=C(\C#N)c1ccccc1F. The van der Waals surface area contributed by atoms with Crippen LogP contribution in [0.3, 0.4) is 0 Å². The van der Waals surface area contributed by atoms with Crippen molar-refractivity contribution in [2.24, 2.45) is 7.05 Å². The van der Waals surface area contributed by atoms with Gasteiger partial charge in [-0.2, -0.15) is 5.26 Å². The number of rotatable bonds is 2. The molecule has 2 aromatic rings. The molecule has 84 valence electrons. The first-order chi connectivity index (χ1) is 8.22. The Labute approximate surface area is 99.2 Å². The molecule has 0 aliphatic rings. The molecule has 1 aromatic carbocycles. The molecular weight excluding hydrogens is 215 g/mol. The van der Waals surface area contributed by atoms with Crippen LogP contribution in [0.2, 0.25) is 0 Å². The monoisotopic (exact) mass is 226 g/mol. The van der Waals surface area contributed by atoms with Crippen LogP contribution < -0.4 is 0 Å². The average Bonchev–Trinajstić information content (AvgIpc) is 2.73. The first-order valence-electron chi connectivity index (χ1n) is 5.20. The van der Waals surface area contributed by atoms with Gasteiger partial charge in [0.15, 0.2) is 0 Å². The summed E-state index contributed by atoms with van der Waals surface area (Å²) in [6, 6.07) is 12.1. The fourth-order valence-corrected chi connectivity index (χ4v) is 1.62. The number of benzene rings is 1. The molecule has 0 atom stereocenters. The predicted molar refractivity (Wildman–Crippen MR) is 65.3 cm³/mol. The van der Waals surface area contributed by atoms with Crippen LogP contribution in [0.25, 0.3) is 11.6 Å². The lowest BCUT2D eigenvalue weighted by Gasteiger charge is -2.02. The molecule has 2 rings (SSSR count). The second-order valence-corrected chi connectivity index (χ2v) is 3.69. The summed E-state index contributed by atoms with van der Waals surface area (Å²) in [4.78, 5) is 0.